The number of ether oxygens (including phenoxy) is 2. The van der Waals surface area contributed by atoms with Gasteiger partial charge in [-0.25, -0.2) is 0 Å². The van der Waals surface area contributed by atoms with Crippen LogP contribution in [0.3, 0.4) is 0 Å². The Morgan fingerprint density at radius 3 is 2.61 bits per heavy atom. The van der Waals surface area contributed by atoms with Crippen molar-refractivity contribution in [3.05, 3.63) is 57.6 Å². The van der Waals surface area contributed by atoms with Crippen LogP contribution in [-0.4, -0.2) is 6.79 Å². The molecule has 3 nitrogen and oxygen atoms in total. The van der Waals surface area contributed by atoms with Crippen molar-refractivity contribution in [2.45, 2.75) is 25.9 Å². The molecule has 0 aliphatic carbocycles. The predicted octanol–water partition coefficient (Wildman–Crippen LogP) is 5.17. The summed E-state index contributed by atoms with van der Waals surface area (Å²) in [6.45, 7) is 5.16. The molecule has 0 spiro atoms. The number of para-hydroxylation sites is 1. The van der Waals surface area contributed by atoms with Gasteiger partial charge in [-0.15, -0.1) is 12.4 Å². The van der Waals surface area contributed by atoms with Gasteiger partial charge >= 0.3 is 0 Å². The van der Waals surface area contributed by atoms with Gasteiger partial charge in [0.2, 0.25) is 6.79 Å². The van der Waals surface area contributed by atoms with Crippen LogP contribution >= 0.6 is 35.6 Å². The van der Waals surface area contributed by atoms with Gasteiger partial charge in [0.1, 0.15) is 0 Å². The Balaban J connectivity index is 0.00000192. The van der Waals surface area contributed by atoms with E-state index in [4.69, 9.17) is 32.7 Å². The van der Waals surface area contributed by atoms with E-state index in [0.717, 1.165) is 22.6 Å². The van der Waals surface area contributed by atoms with E-state index in [0.29, 0.717) is 16.6 Å². The fourth-order valence-corrected chi connectivity index (χ4v) is 2.73. The molecule has 124 valence electrons. The average Bonchev–Trinajstić information content (AvgIpc) is 2.97. The van der Waals surface area contributed by atoms with Crippen LogP contribution in [0.5, 0.6) is 11.5 Å². The minimum Gasteiger partial charge on any atom is -0.454 e. The monoisotopic (exact) mass is 373 g/mol. The van der Waals surface area contributed by atoms with Crippen LogP contribution in [0, 0.1) is 0 Å². The van der Waals surface area contributed by atoms with Crippen molar-refractivity contribution in [3.63, 3.8) is 0 Å². The van der Waals surface area contributed by atoms with Gasteiger partial charge in [-0.3, -0.25) is 0 Å². The van der Waals surface area contributed by atoms with Gasteiger partial charge in [-0.2, -0.15) is 0 Å². The van der Waals surface area contributed by atoms with Gasteiger partial charge in [0.15, 0.2) is 11.5 Å². The molecule has 1 N–H and O–H groups in total. The largest absolute Gasteiger partial charge is 0.454 e. The highest BCUT2D eigenvalue weighted by molar-refractivity contribution is 6.42. The average molecular weight is 375 g/mol. The molecule has 3 rings (SSSR count). The number of rotatable bonds is 4. The first-order valence-electron chi connectivity index (χ1n) is 7.05. The molecule has 2 aromatic rings. The lowest BCUT2D eigenvalue weighted by molar-refractivity contribution is 0.173. The van der Waals surface area contributed by atoms with Crippen LogP contribution in [0.1, 0.15) is 25.0 Å². The fourth-order valence-electron chi connectivity index (χ4n) is 2.43. The lowest BCUT2D eigenvalue weighted by Gasteiger charge is -2.27. The summed E-state index contributed by atoms with van der Waals surface area (Å²) < 4.78 is 10.9. The third-order valence-electron chi connectivity index (χ3n) is 3.84. The van der Waals surface area contributed by atoms with E-state index in [1.807, 2.05) is 36.4 Å². The lowest BCUT2D eigenvalue weighted by Crippen LogP contribution is -2.36. The van der Waals surface area contributed by atoms with E-state index in [-0.39, 0.29) is 24.7 Å². The number of hydrogen-bond acceptors (Lipinski definition) is 3. The third kappa shape index (κ3) is 3.86. The third-order valence-corrected chi connectivity index (χ3v) is 4.58. The smallest absolute Gasteiger partial charge is 0.231 e. The maximum Gasteiger partial charge on any atom is 0.231 e. The maximum atomic E-state index is 6.12. The number of hydrogen-bond donors (Lipinski definition) is 1. The predicted molar refractivity (Wildman–Crippen MR) is 96.1 cm³/mol. The standard InChI is InChI=1S/C17H17Cl2NO2.ClH/c1-17(2,12-6-7-13(18)14(19)8-12)20-9-11-4-3-5-15-16(11)22-10-21-15;/h3-8,20H,9-10H2,1-2H3;1H. The summed E-state index contributed by atoms with van der Waals surface area (Å²) >= 11 is 12.1. The number of fused-ring (bicyclic) bond motifs is 1. The second-order valence-electron chi connectivity index (χ2n) is 5.76. The first kappa shape index (κ1) is 18.2. The normalized spacial score (nSPS) is 12.9. The molecule has 0 atom stereocenters. The molecule has 0 saturated carbocycles. The molecule has 0 radical (unpaired) electrons. The SMILES string of the molecule is CC(C)(NCc1cccc2c1OCO2)c1ccc(Cl)c(Cl)c1.Cl. The molecule has 0 aromatic heterocycles. The van der Waals surface area contributed by atoms with Crippen molar-refractivity contribution < 1.29 is 9.47 Å². The number of halogens is 3. The summed E-state index contributed by atoms with van der Waals surface area (Å²) in [5.41, 5.74) is 1.89. The fraction of sp³-hybridized carbons (Fsp3) is 0.294. The van der Waals surface area contributed by atoms with Crippen molar-refractivity contribution in [1.82, 2.24) is 5.32 Å². The first-order valence-corrected chi connectivity index (χ1v) is 7.81. The van der Waals surface area contributed by atoms with Crippen LogP contribution in [0.2, 0.25) is 10.0 Å². The van der Waals surface area contributed by atoms with Crippen molar-refractivity contribution in [1.29, 1.82) is 0 Å². The molecule has 1 aliphatic heterocycles. The molecular weight excluding hydrogens is 357 g/mol. The number of benzene rings is 2. The maximum absolute atomic E-state index is 6.12. The molecule has 1 aliphatic rings. The zero-order chi connectivity index (χ0) is 15.7. The Labute approximate surface area is 152 Å². The summed E-state index contributed by atoms with van der Waals surface area (Å²) in [6.07, 6.45) is 0. The molecule has 23 heavy (non-hydrogen) atoms. The molecule has 2 aromatic carbocycles. The summed E-state index contributed by atoms with van der Waals surface area (Å²) in [7, 11) is 0. The lowest BCUT2D eigenvalue weighted by atomic mass is 9.94. The molecule has 0 bridgehead atoms. The van der Waals surface area contributed by atoms with E-state index in [1.54, 1.807) is 0 Å². The van der Waals surface area contributed by atoms with Gasteiger partial charge in [0.25, 0.3) is 0 Å². The zero-order valence-electron chi connectivity index (χ0n) is 12.9. The van der Waals surface area contributed by atoms with Gasteiger partial charge in [-0.05, 0) is 37.6 Å². The molecule has 6 heteroatoms. The molecule has 1 heterocycles. The quantitative estimate of drug-likeness (QED) is 0.801. The van der Waals surface area contributed by atoms with Gasteiger partial charge in [0.05, 0.1) is 10.0 Å². The second kappa shape index (κ2) is 7.18. The second-order valence-corrected chi connectivity index (χ2v) is 6.57. The minimum absolute atomic E-state index is 0. The molecular formula is C17H18Cl3NO2. The Bertz CT molecular complexity index is 704. The summed E-state index contributed by atoms with van der Waals surface area (Å²) in [5, 5.41) is 4.65. The molecule has 0 fully saturated rings. The van der Waals surface area contributed by atoms with Gasteiger partial charge in [-0.1, -0.05) is 41.4 Å². The van der Waals surface area contributed by atoms with Gasteiger partial charge in [0, 0.05) is 17.6 Å². The zero-order valence-corrected chi connectivity index (χ0v) is 15.2. The minimum atomic E-state index is -0.254. The van der Waals surface area contributed by atoms with Crippen LogP contribution < -0.4 is 14.8 Å². The molecule has 0 saturated heterocycles. The summed E-state index contributed by atoms with van der Waals surface area (Å²) in [5.74, 6) is 1.62. The van der Waals surface area contributed by atoms with E-state index in [9.17, 15) is 0 Å². The Kier molecular flexibility index (Phi) is 5.69. The van der Waals surface area contributed by atoms with Crippen molar-refractivity contribution in [2.24, 2.45) is 0 Å². The van der Waals surface area contributed by atoms with E-state index < -0.39 is 0 Å². The Morgan fingerprint density at radius 2 is 1.87 bits per heavy atom. The highest BCUT2D eigenvalue weighted by Gasteiger charge is 2.23. The summed E-state index contributed by atoms with van der Waals surface area (Å²) in [4.78, 5) is 0. The van der Waals surface area contributed by atoms with Gasteiger partial charge < -0.3 is 14.8 Å². The topological polar surface area (TPSA) is 30.5 Å². The number of nitrogens with one attached hydrogen (secondary N) is 1. The van der Waals surface area contributed by atoms with Crippen molar-refractivity contribution in [3.8, 4) is 11.5 Å². The Morgan fingerprint density at radius 1 is 1.09 bits per heavy atom. The van der Waals surface area contributed by atoms with E-state index >= 15 is 0 Å². The Hall–Kier alpha value is -1.13. The molecule has 0 unspecified atom stereocenters. The van der Waals surface area contributed by atoms with Crippen molar-refractivity contribution >= 4 is 35.6 Å². The summed E-state index contributed by atoms with van der Waals surface area (Å²) in [6, 6.07) is 11.6. The van der Waals surface area contributed by atoms with E-state index in [1.165, 1.54) is 0 Å². The van der Waals surface area contributed by atoms with Crippen LogP contribution in [0.15, 0.2) is 36.4 Å². The molecule has 0 amide bonds. The highest BCUT2D eigenvalue weighted by Crippen LogP contribution is 2.36. The first-order chi connectivity index (χ1) is 10.5. The van der Waals surface area contributed by atoms with E-state index in [2.05, 4.69) is 19.2 Å². The van der Waals surface area contributed by atoms with Crippen LogP contribution in [0.4, 0.5) is 0 Å². The van der Waals surface area contributed by atoms with Crippen molar-refractivity contribution in [2.75, 3.05) is 6.79 Å². The highest BCUT2D eigenvalue weighted by atomic mass is 35.5. The van der Waals surface area contributed by atoms with Crippen LogP contribution in [-0.2, 0) is 12.1 Å². The van der Waals surface area contributed by atoms with Crippen LogP contribution in [0.25, 0.3) is 0 Å².